The molecule has 1 aromatic rings. The van der Waals surface area contributed by atoms with Crippen LogP contribution in [0.4, 0.5) is 10.9 Å². The molecule has 1 unspecified atom stereocenters. The van der Waals surface area contributed by atoms with Gasteiger partial charge in [0, 0.05) is 27.7 Å². The fraction of sp³-hybridized carbons (Fsp3) is 0.600. The molecule has 0 aliphatic carbocycles. The smallest absolute Gasteiger partial charge is 0.265 e. The number of nitrogens with one attached hydrogen (secondary N) is 1. The van der Waals surface area contributed by atoms with E-state index in [2.05, 4.69) is 10.3 Å². The number of hydrogen-bond donors (Lipinski definition) is 3. The van der Waals surface area contributed by atoms with Crippen LogP contribution in [0.15, 0.2) is 0 Å². The van der Waals surface area contributed by atoms with Crippen LogP contribution in [-0.2, 0) is 4.74 Å². The topological polar surface area (TPSA) is 101 Å². The first-order valence-corrected chi connectivity index (χ1v) is 6.16. The van der Waals surface area contributed by atoms with Crippen LogP contribution in [0.2, 0.25) is 0 Å². The van der Waals surface area contributed by atoms with Crippen molar-refractivity contribution in [1.82, 2.24) is 10.3 Å². The molecule has 0 aliphatic rings. The van der Waals surface area contributed by atoms with E-state index < -0.39 is 6.10 Å². The first-order valence-electron chi connectivity index (χ1n) is 5.34. The van der Waals surface area contributed by atoms with Crippen LogP contribution in [-0.4, -0.2) is 56.5 Å². The Balaban J connectivity index is 2.61. The van der Waals surface area contributed by atoms with Crippen LogP contribution in [0, 0.1) is 0 Å². The summed E-state index contributed by atoms with van der Waals surface area (Å²) in [5, 5.41) is 12.7. The highest BCUT2D eigenvalue weighted by molar-refractivity contribution is 7.18. The molecule has 0 aliphatic heterocycles. The summed E-state index contributed by atoms with van der Waals surface area (Å²) in [6, 6.07) is 0. The number of rotatable bonds is 6. The third-order valence-corrected chi connectivity index (χ3v) is 3.33. The zero-order chi connectivity index (χ0) is 13.7. The number of nitrogens with zero attached hydrogens (tertiary/aromatic N) is 2. The number of anilines is 2. The number of hydrogen-bond acceptors (Lipinski definition) is 7. The fourth-order valence-electron chi connectivity index (χ4n) is 1.22. The van der Waals surface area contributed by atoms with Crippen LogP contribution in [0.25, 0.3) is 0 Å². The number of amides is 1. The van der Waals surface area contributed by atoms with Crippen LogP contribution >= 0.6 is 11.3 Å². The van der Waals surface area contributed by atoms with Crippen molar-refractivity contribution in [2.75, 3.05) is 45.0 Å². The summed E-state index contributed by atoms with van der Waals surface area (Å²) in [7, 11) is 5.13. The molecule has 7 nitrogen and oxygen atoms in total. The van der Waals surface area contributed by atoms with Gasteiger partial charge in [0.1, 0.15) is 10.7 Å². The van der Waals surface area contributed by atoms with E-state index in [4.69, 9.17) is 10.5 Å². The Bertz CT molecular complexity index is 408. The molecule has 1 rings (SSSR count). The van der Waals surface area contributed by atoms with Gasteiger partial charge in [-0.1, -0.05) is 11.3 Å². The van der Waals surface area contributed by atoms with Gasteiger partial charge in [0.2, 0.25) is 0 Å². The number of nitrogens with two attached hydrogens (primary N) is 1. The van der Waals surface area contributed by atoms with Gasteiger partial charge in [-0.15, -0.1) is 0 Å². The Morgan fingerprint density at radius 2 is 2.33 bits per heavy atom. The van der Waals surface area contributed by atoms with Crippen molar-refractivity contribution in [3.63, 3.8) is 0 Å². The van der Waals surface area contributed by atoms with Gasteiger partial charge in [0.15, 0.2) is 5.13 Å². The molecule has 1 atom stereocenters. The van der Waals surface area contributed by atoms with Gasteiger partial charge in [-0.25, -0.2) is 4.98 Å². The maximum absolute atomic E-state index is 11.8. The number of thiazole rings is 1. The van der Waals surface area contributed by atoms with Gasteiger partial charge in [-0.3, -0.25) is 4.79 Å². The van der Waals surface area contributed by atoms with Crippen molar-refractivity contribution in [3.8, 4) is 0 Å². The van der Waals surface area contributed by atoms with E-state index in [0.29, 0.717) is 10.0 Å². The molecular weight excluding hydrogens is 256 g/mol. The number of nitrogen functional groups attached to an aromatic ring is 1. The van der Waals surface area contributed by atoms with Crippen LogP contribution < -0.4 is 16.0 Å². The standard InChI is InChI=1S/C10H18N4O3S/c1-14(2)10-13-8(11)7(18-10)9(16)12-4-6(15)5-17-3/h6,15H,4-5,11H2,1-3H3,(H,12,16). The molecule has 0 saturated heterocycles. The molecule has 1 amide bonds. The molecule has 0 fully saturated rings. The van der Waals surface area contributed by atoms with Crippen molar-refractivity contribution < 1.29 is 14.6 Å². The van der Waals surface area contributed by atoms with Gasteiger partial charge in [-0.05, 0) is 0 Å². The van der Waals surface area contributed by atoms with Gasteiger partial charge in [-0.2, -0.15) is 0 Å². The molecule has 0 radical (unpaired) electrons. The Hall–Kier alpha value is -1.38. The highest BCUT2D eigenvalue weighted by atomic mass is 32.1. The number of carbonyl (C=O) groups is 1. The predicted octanol–water partition coefficient (Wildman–Crippen LogP) is -0.472. The monoisotopic (exact) mass is 274 g/mol. The minimum Gasteiger partial charge on any atom is -0.389 e. The highest BCUT2D eigenvalue weighted by Crippen LogP contribution is 2.26. The number of methoxy groups -OCH3 is 1. The highest BCUT2D eigenvalue weighted by Gasteiger charge is 2.17. The van der Waals surface area contributed by atoms with E-state index in [0.717, 1.165) is 0 Å². The molecule has 0 spiro atoms. The maximum Gasteiger partial charge on any atom is 0.265 e. The largest absolute Gasteiger partial charge is 0.389 e. The molecule has 18 heavy (non-hydrogen) atoms. The summed E-state index contributed by atoms with van der Waals surface area (Å²) in [5.74, 6) is -0.143. The second-order valence-corrected chi connectivity index (χ2v) is 4.90. The average Bonchev–Trinajstić information content (AvgIpc) is 2.69. The Morgan fingerprint density at radius 3 is 2.83 bits per heavy atom. The van der Waals surface area contributed by atoms with Crippen molar-refractivity contribution in [2.24, 2.45) is 0 Å². The first-order chi connectivity index (χ1) is 8.45. The Labute approximate surface area is 110 Å². The Morgan fingerprint density at radius 1 is 1.67 bits per heavy atom. The molecule has 1 aromatic heterocycles. The fourth-order valence-corrected chi connectivity index (χ4v) is 2.04. The minimum absolute atomic E-state index is 0.112. The molecule has 0 aromatic carbocycles. The van der Waals surface area contributed by atoms with Crippen LogP contribution in [0.1, 0.15) is 9.67 Å². The quantitative estimate of drug-likeness (QED) is 0.648. The lowest BCUT2D eigenvalue weighted by atomic mass is 10.3. The predicted molar refractivity (Wildman–Crippen MR) is 71.1 cm³/mol. The number of aromatic nitrogens is 1. The van der Waals surface area contributed by atoms with E-state index in [1.807, 2.05) is 14.1 Å². The zero-order valence-corrected chi connectivity index (χ0v) is 11.5. The molecule has 102 valence electrons. The SMILES string of the molecule is COCC(O)CNC(=O)c1sc(N(C)C)nc1N. The maximum atomic E-state index is 11.8. The number of aliphatic hydroxyl groups is 1. The van der Waals surface area contributed by atoms with Crippen LogP contribution in [0.3, 0.4) is 0 Å². The molecule has 8 heteroatoms. The lowest BCUT2D eigenvalue weighted by Crippen LogP contribution is -2.34. The van der Waals surface area contributed by atoms with E-state index in [1.54, 1.807) is 4.90 Å². The van der Waals surface area contributed by atoms with Gasteiger partial charge in [0.05, 0.1) is 12.7 Å². The molecule has 0 bridgehead atoms. The van der Waals surface area contributed by atoms with Gasteiger partial charge in [0.25, 0.3) is 5.91 Å². The third kappa shape index (κ3) is 3.83. The summed E-state index contributed by atoms with van der Waals surface area (Å²) in [6.07, 6.45) is -0.735. The van der Waals surface area contributed by atoms with Crippen molar-refractivity contribution in [1.29, 1.82) is 0 Å². The van der Waals surface area contributed by atoms with Crippen LogP contribution in [0.5, 0.6) is 0 Å². The summed E-state index contributed by atoms with van der Waals surface area (Å²) in [5.41, 5.74) is 5.67. The average molecular weight is 274 g/mol. The molecule has 4 N–H and O–H groups in total. The van der Waals surface area contributed by atoms with E-state index in [1.165, 1.54) is 18.4 Å². The third-order valence-electron chi connectivity index (χ3n) is 2.09. The Kier molecular flexibility index (Phi) is 5.32. The minimum atomic E-state index is -0.735. The van der Waals surface area contributed by atoms with E-state index in [9.17, 15) is 9.90 Å². The summed E-state index contributed by atoms with van der Waals surface area (Å²) >= 11 is 1.21. The first kappa shape index (κ1) is 14.7. The van der Waals surface area contributed by atoms with Crippen molar-refractivity contribution >= 4 is 28.2 Å². The number of aliphatic hydroxyl groups excluding tert-OH is 1. The normalized spacial score (nSPS) is 12.2. The lowest BCUT2D eigenvalue weighted by Gasteiger charge is -2.10. The van der Waals surface area contributed by atoms with E-state index in [-0.39, 0.29) is 24.9 Å². The summed E-state index contributed by atoms with van der Waals surface area (Å²) in [4.78, 5) is 18.0. The lowest BCUT2D eigenvalue weighted by molar-refractivity contribution is 0.0611. The van der Waals surface area contributed by atoms with Gasteiger partial charge >= 0.3 is 0 Å². The zero-order valence-electron chi connectivity index (χ0n) is 10.6. The summed E-state index contributed by atoms with van der Waals surface area (Å²) in [6.45, 7) is 0.280. The summed E-state index contributed by atoms with van der Waals surface area (Å²) < 4.78 is 4.76. The van der Waals surface area contributed by atoms with E-state index >= 15 is 0 Å². The molecular formula is C10H18N4O3S. The molecule has 0 saturated carbocycles. The van der Waals surface area contributed by atoms with Gasteiger partial charge < -0.3 is 25.8 Å². The molecule has 1 heterocycles. The number of ether oxygens (including phenoxy) is 1. The second-order valence-electron chi connectivity index (χ2n) is 3.92. The second kappa shape index (κ2) is 6.53. The van der Waals surface area contributed by atoms with Crippen molar-refractivity contribution in [3.05, 3.63) is 4.88 Å². The van der Waals surface area contributed by atoms with Crippen molar-refractivity contribution in [2.45, 2.75) is 6.10 Å². The number of carbonyl (C=O) groups excluding carboxylic acids is 1.